The predicted molar refractivity (Wildman–Crippen MR) is 97.5 cm³/mol. The average molecular weight is 368 g/mol. The number of benzene rings is 1. The Hall–Kier alpha value is -1.44. The van der Waals surface area contributed by atoms with E-state index < -0.39 is 10.0 Å². The summed E-state index contributed by atoms with van der Waals surface area (Å²) < 4.78 is 30.9. The van der Waals surface area contributed by atoms with Crippen LogP contribution in [0.15, 0.2) is 30.3 Å². The number of sulfonamides is 1. The van der Waals surface area contributed by atoms with Crippen LogP contribution in [-0.4, -0.2) is 62.1 Å². The molecule has 0 spiro atoms. The second-order valence-corrected chi connectivity index (χ2v) is 8.38. The Morgan fingerprint density at radius 3 is 2.56 bits per heavy atom. The molecule has 2 rings (SSSR count). The quantitative estimate of drug-likeness (QED) is 0.667. The van der Waals surface area contributed by atoms with Crippen molar-refractivity contribution in [3.8, 4) is 0 Å². The second-order valence-electron chi connectivity index (χ2n) is 6.40. The van der Waals surface area contributed by atoms with E-state index in [-0.39, 0.29) is 25.0 Å². The molecule has 25 heavy (non-hydrogen) atoms. The van der Waals surface area contributed by atoms with Gasteiger partial charge in [-0.15, -0.1) is 0 Å². The Morgan fingerprint density at radius 1 is 1.28 bits per heavy atom. The average Bonchev–Trinajstić information content (AvgIpc) is 3.09. The molecule has 1 unspecified atom stereocenters. The number of rotatable bonds is 9. The highest BCUT2D eigenvalue weighted by molar-refractivity contribution is 7.88. The van der Waals surface area contributed by atoms with Gasteiger partial charge in [-0.05, 0) is 25.3 Å². The van der Waals surface area contributed by atoms with Crippen LogP contribution in [0.3, 0.4) is 0 Å². The van der Waals surface area contributed by atoms with Crippen molar-refractivity contribution in [1.29, 1.82) is 0 Å². The van der Waals surface area contributed by atoms with E-state index in [0.717, 1.165) is 18.4 Å². The van der Waals surface area contributed by atoms with E-state index in [2.05, 4.69) is 0 Å². The van der Waals surface area contributed by atoms with Gasteiger partial charge in [-0.2, -0.15) is 4.31 Å². The molecule has 0 saturated carbocycles. The molecule has 1 atom stereocenters. The van der Waals surface area contributed by atoms with E-state index in [1.807, 2.05) is 37.3 Å². The number of hydrogen-bond acceptors (Lipinski definition) is 4. The molecule has 1 aromatic carbocycles. The van der Waals surface area contributed by atoms with E-state index in [9.17, 15) is 13.2 Å². The number of nitrogens with zero attached hydrogens (tertiary/aromatic N) is 2. The smallest absolute Gasteiger partial charge is 0.224 e. The zero-order valence-corrected chi connectivity index (χ0v) is 15.9. The zero-order valence-electron chi connectivity index (χ0n) is 15.1. The fourth-order valence-electron chi connectivity index (χ4n) is 2.97. The van der Waals surface area contributed by atoms with E-state index >= 15 is 0 Å². The van der Waals surface area contributed by atoms with E-state index in [0.29, 0.717) is 26.2 Å². The Labute approximate surface area is 150 Å². The first-order valence-electron chi connectivity index (χ1n) is 8.78. The van der Waals surface area contributed by atoms with Crippen molar-refractivity contribution < 1.29 is 17.9 Å². The van der Waals surface area contributed by atoms with Crippen LogP contribution in [0.1, 0.15) is 31.7 Å². The fourth-order valence-corrected chi connectivity index (χ4v) is 3.83. The van der Waals surface area contributed by atoms with Crippen LogP contribution in [0.4, 0.5) is 0 Å². The molecule has 1 aliphatic heterocycles. The van der Waals surface area contributed by atoms with Gasteiger partial charge in [-0.1, -0.05) is 30.3 Å². The molecule has 1 aliphatic rings. The summed E-state index contributed by atoms with van der Waals surface area (Å²) >= 11 is 0. The first-order valence-corrected chi connectivity index (χ1v) is 10.6. The minimum Gasteiger partial charge on any atom is -0.377 e. The summed E-state index contributed by atoms with van der Waals surface area (Å²) in [5, 5.41) is 0. The summed E-state index contributed by atoms with van der Waals surface area (Å²) in [5.41, 5.74) is 1.07. The van der Waals surface area contributed by atoms with Gasteiger partial charge >= 0.3 is 0 Å². The van der Waals surface area contributed by atoms with Gasteiger partial charge in [-0.3, -0.25) is 4.79 Å². The van der Waals surface area contributed by atoms with Gasteiger partial charge in [0.25, 0.3) is 0 Å². The van der Waals surface area contributed by atoms with Gasteiger partial charge < -0.3 is 9.64 Å². The first-order chi connectivity index (χ1) is 11.9. The summed E-state index contributed by atoms with van der Waals surface area (Å²) in [6, 6.07) is 9.80. The van der Waals surface area contributed by atoms with Crippen molar-refractivity contribution >= 4 is 15.9 Å². The third-order valence-corrected chi connectivity index (χ3v) is 5.70. The maximum Gasteiger partial charge on any atom is 0.224 e. The molecular weight excluding hydrogens is 340 g/mol. The van der Waals surface area contributed by atoms with Crippen LogP contribution >= 0.6 is 0 Å². The van der Waals surface area contributed by atoms with E-state index in [1.165, 1.54) is 10.6 Å². The highest BCUT2D eigenvalue weighted by atomic mass is 32.2. The van der Waals surface area contributed by atoms with Gasteiger partial charge in [-0.25, -0.2) is 8.42 Å². The summed E-state index contributed by atoms with van der Waals surface area (Å²) in [7, 11) is -3.36. The Bertz CT molecular complexity index is 642. The van der Waals surface area contributed by atoms with Crippen LogP contribution in [0.2, 0.25) is 0 Å². The molecule has 0 N–H and O–H groups in total. The van der Waals surface area contributed by atoms with Crippen molar-refractivity contribution in [1.82, 2.24) is 9.21 Å². The number of hydrogen-bond donors (Lipinski definition) is 0. The van der Waals surface area contributed by atoms with E-state index in [4.69, 9.17) is 4.74 Å². The first kappa shape index (κ1) is 19.9. The van der Waals surface area contributed by atoms with Crippen LogP contribution in [-0.2, 0) is 26.1 Å². The molecule has 1 fully saturated rings. The maximum absolute atomic E-state index is 12.5. The van der Waals surface area contributed by atoms with Crippen LogP contribution < -0.4 is 0 Å². The SMILES string of the molecule is CCN(Cc1ccccc1)C(=O)CCN(CC1CCCO1)S(C)(=O)=O. The van der Waals surface area contributed by atoms with Gasteiger partial charge in [0.1, 0.15) is 0 Å². The minimum atomic E-state index is -3.36. The molecule has 0 radical (unpaired) electrons. The van der Waals surface area contributed by atoms with Crippen LogP contribution in [0, 0.1) is 0 Å². The molecule has 140 valence electrons. The largest absolute Gasteiger partial charge is 0.377 e. The molecule has 7 heteroatoms. The Kier molecular flexibility index (Phi) is 7.40. The number of carbonyl (C=O) groups is 1. The molecule has 1 saturated heterocycles. The third kappa shape index (κ3) is 6.41. The van der Waals surface area contributed by atoms with Crippen LogP contribution in [0.5, 0.6) is 0 Å². The van der Waals surface area contributed by atoms with Gasteiger partial charge in [0, 0.05) is 39.2 Å². The molecule has 1 aromatic rings. The summed E-state index contributed by atoms with van der Waals surface area (Å²) in [5.74, 6) is -0.0349. The van der Waals surface area contributed by atoms with Crippen molar-refractivity contribution in [2.45, 2.75) is 38.8 Å². The molecule has 1 heterocycles. The fraction of sp³-hybridized carbons (Fsp3) is 0.611. The number of amides is 1. The molecule has 1 amide bonds. The Morgan fingerprint density at radius 2 is 2.00 bits per heavy atom. The topological polar surface area (TPSA) is 66.9 Å². The van der Waals surface area contributed by atoms with Gasteiger partial charge in [0.2, 0.25) is 15.9 Å². The maximum atomic E-state index is 12.5. The highest BCUT2D eigenvalue weighted by Gasteiger charge is 2.25. The lowest BCUT2D eigenvalue weighted by atomic mass is 10.2. The lowest BCUT2D eigenvalue weighted by Crippen LogP contribution is -2.40. The van der Waals surface area contributed by atoms with Crippen molar-refractivity contribution in [3.63, 3.8) is 0 Å². The summed E-state index contributed by atoms with van der Waals surface area (Å²) in [6.45, 7) is 4.28. The molecular formula is C18H28N2O4S. The molecule has 6 nitrogen and oxygen atoms in total. The number of ether oxygens (including phenoxy) is 1. The van der Waals surface area contributed by atoms with Crippen LogP contribution in [0.25, 0.3) is 0 Å². The van der Waals surface area contributed by atoms with Crippen molar-refractivity contribution in [2.24, 2.45) is 0 Å². The minimum absolute atomic E-state index is 0.0349. The van der Waals surface area contributed by atoms with Crippen molar-refractivity contribution in [2.75, 3.05) is 32.5 Å². The molecule has 0 aromatic heterocycles. The van der Waals surface area contributed by atoms with Crippen molar-refractivity contribution in [3.05, 3.63) is 35.9 Å². The standard InChI is InChI=1S/C18H28N2O4S/c1-3-19(14-16-8-5-4-6-9-16)18(21)11-12-20(25(2,22)23)15-17-10-7-13-24-17/h4-6,8-9,17H,3,7,10-15H2,1-2H3. The number of carbonyl (C=O) groups excluding carboxylic acids is 1. The monoisotopic (exact) mass is 368 g/mol. The summed E-state index contributed by atoms with van der Waals surface area (Å²) in [4.78, 5) is 14.3. The lowest BCUT2D eigenvalue weighted by Gasteiger charge is -2.25. The zero-order chi connectivity index (χ0) is 18.3. The lowest BCUT2D eigenvalue weighted by molar-refractivity contribution is -0.131. The van der Waals surface area contributed by atoms with Gasteiger partial charge in [0.05, 0.1) is 12.4 Å². The predicted octanol–water partition coefficient (Wildman–Crippen LogP) is 1.87. The highest BCUT2D eigenvalue weighted by Crippen LogP contribution is 2.15. The van der Waals surface area contributed by atoms with Gasteiger partial charge in [0.15, 0.2) is 0 Å². The second kappa shape index (κ2) is 9.31. The summed E-state index contributed by atoms with van der Waals surface area (Å²) in [6.07, 6.45) is 3.14. The third-order valence-electron chi connectivity index (χ3n) is 4.43. The Balaban J connectivity index is 1.91. The van der Waals surface area contributed by atoms with E-state index in [1.54, 1.807) is 4.90 Å². The molecule has 0 bridgehead atoms. The molecule has 0 aliphatic carbocycles. The normalized spacial score (nSPS) is 17.8.